The summed E-state index contributed by atoms with van der Waals surface area (Å²) in [6.45, 7) is 0. The maximum atomic E-state index is 11.7. The molecule has 1 aromatic carbocycles. The summed E-state index contributed by atoms with van der Waals surface area (Å²) in [5.41, 5.74) is 6.97. The van der Waals surface area contributed by atoms with E-state index < -0.39 is 0 Å². The molecule has 0 aromatic heterocycles. The molecule has 0 radical (unpaired) electrons. The number of esters is 1. The monoisotopic (exact) mass is 296 g/mol. The van der Waals surface area contributed by atoms with Crippen molar-refractivity contribution in [3.8, 4) is 0 Å². The van der Waals surface area contributed by atoms with Crippen molar-refractivity contribution in [3.05, 3.63) is 24.3 Å². The van der Waals surface area contributed by atoms with Gasteiger partial charge in [-0.2, -0.15) is 11.8 Å². The van der Waals surface area contributed by atoms with Crippen LogP contribution in [0.2, 0.25) is 0 Å². The van der Waals surface area contributed by atoms with Crippen LogP contribution in [-0.2, 0) is 14.3 Å². The van der Waals surface area contributed by atoms with Crippen molar-refractivity contribution < 1.29 is 14.3 Å². The molecule has 0 saturated heterocycles. The van der Waals surface area contributed by atoms with E-state index in [1.54, 1.807) is 36.0 Å². The Hall–Kier alpha value is -1.69. The fourth-order valence-electron chi connectivity index (χ4n) is 1.53. The van der Waals surface area contributed by atoms with Crippen molar-refractivity contribution in [2.75, 3.05) is 29.7 Å². The van der Waals surface area contributed by atoms with Gasteiger partial charge in [-0.05, 0) is 30.4 Å². The zero-order valence-electron chi connectivity index (χ0n) is 11.6. The zero-order valence-corrected chi connectivity index (χ0v) is 12.4. The van der Waals surface area contributed by atoms with Crippen molar-refractivity contribution in [2.45, 2.75) is 19.3 Å². The molecule has 0 fully saturated rings. The molecule has 0 spiro atoms. The predicted molar refractivity (Wildman–Crippen MR) is 82.7 cm³/mol. The molecule has 3 N–H and O–H groups in total. The van der Waals surface area contributed by atoms with E-state index in [1.807, 2.05) is 0 Å². The highest BCUT2D eigenvalue weighted by Gasteiger charge is 2.03. The molecule has 110 valence electrons. The van der Waals surface area contributed by atoms with Crippen LogP contribution in [0.25, 0.3) is 0 Å². The van der Waals surface area contributed by atoms with Crippen LogP contribution in [0, 0.1) is 0 Å². The number of amides is 1. The van der Waals surface area contributed by atoms with E-state index in [4.69, 9.17) is 5.73 Å². The molecule has 20 heavy (non-hydrogen) atoms. The number of rotatable bonds is 8. The Morgan fingerprint density at radius 2 is 2.10 bits per heavy atom. The first kappa shape index (κ1) is 16.4. The molecule has 1 aromatic rings. The Bertz CT molecular complexity index is 452. The fraction of sp³-hybridized carbons (Fsp3) is 0.429. The third-order valence-corrected chi connectivity index (χ3v) is 3.61. The first-order chi connectivity index (χ1) is 9.61. The number of nitrogens with one attached hydrogen (secondary N) is 1. The van der Waals surface area contributed by atoms with Gasteiger partial charge in [-0.1, -0.05) is 6.07 Å². The molecule has 0 aliphatic rings. The molecule has 0 aliphatic heterocycles. The number of nitrogens with two attached hydrogens (primary N) is 1. The first-order valence-electron chi connectivity index (χ1n) is 6.42. The number of benzene rings is 1. The van der Waals surface area contributed by atoms with Gasteiger partial charge in [-0.15, -0.1) is 0 Å². The summed E-state index contributed by atoms with van der Waals surface area (Å²) in [6, 6.07) is 7.10. The molecule has 0 bridgehead atoms. The van der Waals surface area contributed by atoms with Gasteiger partial charge in [-0.25, -0.2) is 0 Å². The Kier molecular flexibility index (Phi) is 7.57. The summed E-state index contributed by atoms with van der Waals surface area (Å²) < 4.78 is 4.54. The van der Waals surface area contributed by atoms with E-state index >= 15 is 0 Å². The summed E-state index contributed by atoms with van der Waals surface area (Å²) in [5.74, 6) is 1.35. The van der Waals surface area contributed by atoms with Crippen LogP contribution in [0.15, 0.2) is 24.3 Å². The average molecular weight is 296 g/mol. The second kappa shape index (κ2) is 9.25. The Balaban J connectivity index is 2.10. The van der Waals surface area contributed by atoms with Gasteiger partial charge < -0.3 is 15.8 Å². The summed E-state index contributed by atoms with van der Waals surface area (Å²) in [5, 5.41) is 2.80. The van der Waals surface area contributed by atoms with E-state index in [9.17, 15) is 9.59 Å². The van der Waals surface area contributed by atoms with Crippen LogP contribution in [0.3, 0.4) is 0 Å². The van der Waals surface area contributed by atoms with Crippen molar-refractivity contribution in [2.24, 2.45) is 0 Å². The van der Waals surface area contributed by atoms with Crippen LogP contribution >= 0.6 is 11.8 Å². The third-order valence-electron chi connectivity index (χ3n) is 2.54. The molecule has 6 heteroatoms. The predicted octanol–water partition coefficient (Wildman–Crippen LogP) is 2.28. The molecule has 1 amide bonds. The Labute approximate surface area is 123 Å². The highest BCUT2D eigenvalue weighted by Crippen LogP contribution is 2.13. The summed E-state index contributed by atoms with van der Waals surface area (Å²) in [6.07, 6.45) is 1.65. The fourth-order valence-corrected chi connectivity index (χ4v) is 2.40. The van der Waals surface area contributed by atoms with Crippen LogP contribution in [0.5, 0.6) is 0 Å². The smallest absolute Gasteiger partial charge is 0.306 e. The van der Waals surface area contributed by atoms with E-state index in [0.29, 0.717) is 24.2 Å². The lowest BCUT2D eigenvalue weighted by Gasteiger charge is -2.05. The molecular formula is C14H20N2O3S. The highest BCUT2D eigenvalue weighted by atomic mass is 32.2. The summed E-state index contributed by atoms with van der Waals surface area (Å²) in [7, 11) is 1.38. The minimum absolute atomic E-state index is 0.0239. The molecule has 5 nitrogen and oxygen atoms in total. The number of nitrogen functional groups attached to an aromatic ring is 1. The maximum absolute atomic E-state index is 11.7. The number of ether oxygens (including phenoxy) is 1. The van der Waals surface area contributed by atoms with Gasteiger partial charge in [0.05, 0.1) is 13.5 Å². The van der Waals surface area contributed by atoms with Gasteiger partial charge in [0.1, 0.15) is 0 Å². The summed E-state index contributed by atoms with van der Waals surface area (Å²) >= 11 is 1.65. The van der Waals surface area contributed by atoms with E-state index in [2.05, 4.69) is 10.1 Å². The second-order valence-corrected chi connectivity index (χ2v) is 5.44. The first-order valence-corrected chi connectivity index (χ1v) is 7.57. The Morgan fingerprint density at radius 3 is 2.80 bits per heavy atom. The van der Waals surface area contributed by atoms with E-state index in [0.717, 1.165) is 17.9 Å². The minimum atomic E-state index is -0.197. The van der Waals surface area contributed by atoms with Gasteiger partial charge in [0.2, 0.25) is 5.91 Å². The lowest BCUT2D eigenvalue weighted by Crippen LogP contribution is -2.11. The molecule has 0 saturated carbocycles. The number of methoxy groups -OCH3 is 1. The van der Waals surface area contributed by atoms with Gasteiger partial charge in [0, 0.05) is 23.5 Å². The lowest BCUT2D eigenvalue weighted by atomic mass is 10.2. The Morgan fingerprint density at radius 1 is 1.30 bits per heavy atom. The van der Waals surface area contributed by atoms with Crippen molar-refractivity contribution >= 4 is 35.0 Å². The van der Waals surface area contributed by atoms with Crippen LogP contribution in [0.4, 0.5) is 11.4 Å². The summed E-state index contributed by atoms with van der Waals surface area (Å²) in [4.78, 5) is 22.5. The average Bonchev–Trinajstić information content (AvgIpc) is 2.42. The SMILES string of the molecule is COC(=O)CCSCCCC(=O)Nc1cccc(N)c1. The molecular weight excluding hydrogens is 276 g/mol. The lowest BCUT2D eigenvalue weighted by molar-refractivity contribution is -0.140. The maximum Gasteiger partial charge on any atom is 0.306 e. The molecule has 0 atom stereocenters. The van der Waals surface area contributed by atoms with Gasteiger partial charge in [0.25, 0.3) is 0 Å². The minimum Gasteiger partial charge on any atom is -0.469 e. The molecule has 0 heterocycles. The highest BCUT2D eigenvalue weighted by molar-refractivity contribution is 7.99. The van der Waals surface area contributed by atoms with Crippen LogP contribution in [-0.4, -0.2) is 30.5 Å². The topological polar surface area (TPSA) is 81.4 Å². The van der Waals surface area contributed by atoms with Crippen molar-refractivity contribution in [1.82, 2.24) is 0 Å². The normalized spacial score (nSPS) is 10.1. The number of thioether (sulfide) groups is 1. The van der Waals surface area contributed by atoms with Crippen molar-refractivity contribution in [1.29, 1.82) is 0 Å². The quantitative estimate of drug-likeness (QED) is 0.437. The van der Waals surface area contributed by atoms with Gasteiger partial charge >= 0.3 is 5.97 Å². The van der Waals surface area contributed by atoms with Crippen molar-refractivity contribution in [3.63, 3.8) is 0 Å². The molecule has 0 aliphatic carbocycles. The number of anilines is 2. The van der Waals surface area contributed by atoms with E-state index in [1.165, 1.54) is 7.11 Å². The number of carbonyl (C=O) groups is 2. The largest absolute Gasteiger partial charge is 0.469 e. The molecule has 0 unspecified atom stereocenters. The molecule has 1 rings (SSSR count). The number of hydrogen-bond donors (Lipinski definition) is 2. The van der Waals surface area contributed by atoms with Gasteiger partial charge in [0.15, 0.2) is 0 Å². The zero-order chi connectivity index (χ0) is 14.8. The number of hydrogen-bond acceptors (Lipinski definition) is 5. The standard InChI is InChI=1S/C14H20N2O3S/c1-19-14(18)7-9-20-8-3-6-13(17)16-12-5-2-4-11(15)10-12/h2,4-5,10H,3,6-9,15H2,1H3,(H,16,17). The van der Waals surface area contributed by atoms with Crippen LogP contribution in [0.1, 0.15) is 19.3 Å². The van der Waals surface area contributed by atoms with Crippen LogP contribution < -0.4 is 11.1 Å². The van der Waals surface area contributed by atoms with E-state index in [-0.39, 0.29) is 11.9 Å². The second-order valence-electron chi connectivity index (χ2n) is 4.22. The van der Waals surface area contributed by atoms with Gasteiger partial charge in [-0.3, -0.25) is 9.59 Å². The number of carbonyl (C=O) groups excluding carboxylic acids is 2. The third kappa shape index (κ3) is 7.04.